The van der Waals surface area contributed by atoms with Crippen LogP contribution in [0.5, 0.6) is 0 Å². The van der Waals surface area contributed by atoms with E-state index in [9.17, 15) is 4.39 Å². The van der Waals surface area contributed by atoms with E-state index in [1.165, 1.54) is 12.1 Å². The molecule has 0 radical (unpaired) electrons. The monoisotopic (exact) mass is 302 g/mol. The van der Waals surface area contributed by atoms with Crippen LogP contribution in [0, 0.1) is 5.82 Å². The SMILES string of the molecule is CCCCNc1nc2nnc(-c3ccc(F)cc3)cc2s1. The standard InChI is InChI=1S/C15H15FN4S/c1-2-3-8-17-15-18-14-13(21-15)9-12(19-20-14)10-4-6-11(16)7-5-10/h4-7,9H,2-3,8H2,1H3,(H,17,18,20). The number of thiazole rings is 1. The summed E-state index contributed by atoms with van der Waals surface area (Å²) in [5, 5.41) is 12.5. The van der Waals surface area contributed by atoms with Gasteiger partial charge in [0.1, 0.15) is 5.82 Å². The lowest BCUT2D eigenvalue weighted by Crippen LogP contribution is -1.99. The fourth-order valence-electron chi connectivity index (χ4n) is 1.95. The van der Waals surface area contributed by atoms with Gasteiger partial charge in [0.05, 0.1) is 10.4 Å². The molecule has 6 heteroatoms. The lowest BCUT2D eigenvalue weighted by molar-refractivity contribution is 0.628. The summed E-state index contributed by atoms with van der Waals surface area (Å²) in [7, 11) is 0. The van der Waals surface area contributed by atoms with Crippen LogP contribution in [0.2, 0.25) is 0 Å². The van der Waals surface area contributed by atoms with Gasteiger partial charge in [-0.05, 0) is 36.8 Å². The molecule has 108 valence electrons. The van der Waals surface area contributed by atoms with E-state index in [0.29, 0.717) is 5.65 Å². The van der Waals surface area contributed by atoms with Crippen LogP contribution in [0.3, 0.4) is 0 Å². The second-order valence-electron chi connectivity index (χ2n) is 4.72. The molecule has 0 saturated heterocycles. The van der Waals surface area contributed by atoms with Gasteiger partial charge in [0, 0.05) is 12.1 Å². The summed E-state index contributed by atoms with van der Waals surface area (Å²) >= 11 is 1.56. The van der Waals surface area contributed by atoms with Gasteiger partial charge in [-0.15, -0.1) is 10.2 Å². The van der Waals surface area contributed by atoms with E-state index in [1.807, 2.05) is 6.07 Å². The summed E-state index contributed by atoms with van der Waals surface area (Å²) < 4.78 is 13.9. The first-order chi connectivity index (χ1) is 10.3. The van der Waals surface area contributed by atoms with Gasteiger partial charge in [-0.25, -0.2) is 4.39 Å². The molecule has 3 aromatic rings. The van der Waals surface area contributed by atoms with Gasteiger partial charge in [0.15, 0.2) is 10.8 Å². The predicted octanol–water partition coefficient (Wildman–Crippen LogP) is 4.10. The third-order valence-electron chi connectivity index (χ3n) is 3.10. The highest BCUT2D eigenvalue weighted by atomic mass is 32.1. The van der Waals surface area contributed by atoms with Crippen LogP contribution >= 0.6 is 11.3 Å². The Morgan fingerprint density at radius 2 is 2.00 bits per heavy atom. The van der Waals surface area contributed by atoms with Crippen molar-refractivity contribution >= 4 is 26.8 Å². The number of unbranched alkanes of at least 4 members (excludes halogenated alkanes) is 1. The molecule has 1 aromatic carbocycles. The number of nitrogens with zero attached hydrogens (tertiary/aromatic N) is 3. The molecule has 0 unspecified atom stereocenters. The molecule has 2 aromatic heterocycles. The third kappa shape index (κ3) is 3.16. The molecule has 2 heterocycles. The van der Waals surface area contributed by atoms with E-state index in [2.05, 4.69) is 27.4 Å². The lowest BCUT2D eigenvalue weighted by Gasteiger charge is -1.98. The summed E-state index contributed by atoms with van der Waals surface area (Å²) in [6.07, 6.45) is 2.26. The maximum absolute atomic E-state index is 13.0. The fourth-order valence-corrected chi connectivity index (χ4v) is 2.82. The van der Waals surface area contributed by atoms with Crippen LogP contribution in [-0.2, 0) is 0 Å². The maximum Gasteiger partial charge on any atom is 0.194 e. The van der Waals surface area contributed by atoms with Gasteiger partial charge in [0.25, 0.3) is 0 Å². The minimum Gasteiger partial charge on any atom is -0.361 e. The van der Waals surface area contributed by atoms with Crippen molar-refractivity contribution in [1.29, 1.82) is 0 Å². The Morgan fingerprint density at radius 1 is 1.19 bits per heavy atom. The molecule has 0 saturated carbocycles. The average molecular weight is 302 g/mol. The van der Waals surface area contributed by atoms with Crippen molar-refractivity contribution in [1.82, 2.24) is 15.2 Å². The number of hydrogen-bond donors (Lipinski definition) is 1. The number of halogens is 1. The Morgan fingerprint density at radius 3 is 2.76 bits per heavy atom. The largest absolute Gasteiger partial charge is 0.361 e. The summed E-state index contributed by atoms with van der Waals surface area (Å²) in [4.78, 5) is 4.41. The Hall–Kier alpha value is -2.08. The molecule has 4 nitrogen and oxygen atoms in total. The number of benzene rings is 1. The van der Waals surface area contributed by atoms with Gasteiger partial charge in [-0.1, -0.05) is 24.7 Å². The maximum atomic E-state index is 13.0. The zero-order valence-corrected chi connectivity index (χ0v) is 12.5. The molecule has 0 spiro atoms. The van der Waals surface area contributed by atoms with E-state index >= 15 is 0 Å². The normalized spacial score (nSPS) is 11.0. The van der Waals surface area contributed by atoms with Gasteiger partial charge in [-0.2, -0.15) is 4.98 Å². The predicted molar refractivity (Wildman–Crippen MR) is 84.0 cm³/mol. The smallest absolute Gasteiger partial charge is 0.194 e. The first-order valence-corrected chi connectivity index (χ1v) is 7.72. The number of anilines is 1. The Kier molecular flexibility index (Phi) is 4.06. The second-order valence-corrected chi connectivity index (χ2v) is 5.75. The van der Waals surface area contributed by atoms with Crippen molar-refractivity contribution in [2.75, 3.05) is 11.9 Å². The third-order valence-corrected chi connectivity index (χ3v) is 4.05. The average Bonchev–Trinajstić information content (AvgIpc) is 2.90. The summed E-state index contributed by atoms with van der Waals surface area (Å²) in [6, 6.07) is 8.19. The summed E-state index contributed by atoms with van der Waals surface area (Å²) in [5.41, 5.74) is 2.22. The molecule has 0 aliphatic rings. The molecular formula is C15H15FN4S. The Balaban J connectivity index is 1.87. The molecule has 0 atom stereocenters. The van der Waals surface area contributed by atoms with Crippen molar-refractivity contribution in [2.45, 2.75) is 19.8 Å². The van der Waals surface area contributed by atoms with Crippen LogP contribution in [0.1, 0.15) is 19.8 Å². The molecule has 3 rings (SSSR count). The second kappa shape index (κ2) is 6.13. The van der Waals surface area contributed by atoms with Gasteiger partial charge in [-0.3, -0.25) is 0 Å². The Labute approximate surface area is 126 Å². The highest BCUT2D eigenvalue weighted by molar-refractivity contribution is 7.22. The number of rotatable bonds is 5. The molecule has 0 bridgehead atoms. The van der Waals surface area contributed by atoms with E-state index in [-0.39, 0.29) is 5.82 Å². The highest BCUT2D eigenvalue weighted by Crippen LogP contribution is 2.27. The summed E-state index contributed by atoms with van der Waals surface area (Å²) in [5.74, 6) is -0.256. The zero-order valence-electron chi connectivity index (χ0n) is 11.6. The van der Waals surface area contributed by atoms with Crippen LogP contribution in [-0.4, -0.2) is 21.7 Å². The fraction of sp³-hybridized carbons (Fsp3) is 0.267. The first-order valence-electron chi connectivity index (χ1n) is 6.90. The number of aromatic nitrogens is 3. The van der Waals surface area contributed by atoms with Gasteiger partial charge >= 0.3 is 0 Å². The van der Waals surface area contributed by atoms with Crippen LogP contribution in [0.15, 0.2) is 30.3 Å². The molecule has 0 aliphatic carbocycles. The van der Waals surface area contributed by atoms with Crippen molar-refractivity contribution in [3.63, 3.8) is 0 Å². The minimum absolute atomic E-state index is 0.256. The highest BCUT2D eigenvalue weighted by Gasteiger charge is 2.08. The van der Waals surface area contributed by atoms with Crippen LogP contribution in [0.25, 0.3) is 21.6 Å². The zero-order chi connectivity index (χ0) is 14.7. The van der Waals surface area contributed by atoms with Crippen molar-refractivity contribution in [3.8, 4) is 11.3 Å². The topological polar surface area (TPSA) is 50.7 Å². The van der Waals surface area contributed by atoms with Crippen molar-refractivity contribution < 1.29 is 4.39 Å². The molecular weight excluding hydrogens is 287 g/mol. The molecule has 0 aliphatic heterocycles. The summed E-state index contributed by atoms with van der Waals surface area (Å²) in [6.45, 7) is 3.06. The van der Waals surface area contributed by atoms with Crippen molar-refractivity contribution in [3.05, 3.63) is 36.1 Å². The molecule has 21 heavy (non-hydrogen) atoms. The van der Waals surface area contributed by atoms with Gasteiger partial charge < -0.3 is 5.32 Å². The van der Waals surface area contributed by atoms with Crippen molar-refractivity contribution in [2.24, 2.45) is 0 Å². The number of fused-ring (bicyclic) bond motifs is 1. The molecule has 0 fully saturated rings. The number of nitrogens with one attached hydrogen (secondary N) is 1. The Bertz CT molecular complexity index is 739. The number of hydrogen-bond acceptors (Lipinski definition) is 5. The van der Waals surface area contributed by atoms with Crippen LogP contribution in [0.4, 0.5) is 9.52 Å². The molecule has 0 amide bonds. The quantitative estimate of drug-likeness (QED) is 0.721. The van der Waals surface area contributed by atoms with Crippen LogP contribution < -0.4 is 5.32 Å². The first kappa shape index (κ1) is 13.9. The lowest BCUT2D eigenvalue weighted by atomic mass is 10.1. The van der Waals surface area contributed by atoms with E-state index in [4.69, 9.17) is 0 Å². The van der Waals surface area contributed by atoms with E-state index in [0.717, 1.165) is 40.5 Å². The molecule has 1 N–H and O–H groups in total. The van der Waals surface area contributed by atoms with E-state index < -0.39 is 0 Å². The van der Waals surface area contributed by atoms with E-state index in [1.54, 1.807) is 23.5 Å². The minimum atomic E-state index is -0.256. The van der Waals surface area contributed by atoms with Gasteiger partial charge in [0.2, 0.25) is 0 Å².